The molecule has 1 aliphatic rings. The number of fused-ring (bicyclic) bond motifs is 3. The van der Waals surface area contributed by atoms with Gasteiger partial charge < -0.3 is 26.2 Å². The van der Waals surface area contributed by atoms with Crippen LogP contribution in [0.5, 0.6) is 0 Å². The number of carbonyl (C=O) groups excluding carboxylic acids is 1. The molecule has 0 aliphatic carbocycles. The SMILES string of the molecule is CCNC(=O)c1ccc2c(c1)NC(Nc1nc3ccc(Cl)cc3s1)(Nc1nc3cc(F)c(F)cc3s1)N2C. The number of hydrogen-bond acceptors (Lipinski definition) is 9. The summed E-state index contributed by atoms with van der Waals surface area (Å²) in [4.78, 5) is 23.6. The number of thiazole rings is 2. The number of rotatable bonds is 6. The molecule has 38 heavy (non-hydrogen) atoms. The second-order valence-corrected chi connectivity index (χ2v) is 11.1. The van der Waals surface area contributed by atoms with Crippen LogP contribution in [0.2, 0.25) is 5.02 Å². The van der Waals surface area contributed by atoms with E-state index in [-0.39, 0.29) is 5.91 Å². The van der Waals surface area contributed by atoms with E-state index in [9.17, 15) is 13.6 Å². The third-order valence-electron chi connectivity index (χ3n) is 6.13. The van der Waals surface area contributed by atoms with Gasteiger partial charge in [0.2, 0.25) is 0 Å². The van der Waals surface area contributed by atoms with Gasteiger partial charge in [-0.25, -0.2) is 18.7 Å². The van der Waals surface area contributed by atoms with Crippen LogP contribution in [0.4, 0.5) is 30.4 Å². The molecule has 0 spiro atoms. The van der Waals surface area contributed by atoms with Crippen LogP contribution >= 0.6 is 34.3 Å². The van der Waals surface area contributed by atoms with Crippen LogP contribution in [0.15, 0.2) is 48.5 Å². The minimum atomic E-state index is -1.19. The van der Waals surface area contributed by atoms with Gasteiger partial charge in [-0.15, -0.1) is 0 Å². The van der Waals surface area contributed by atoms with Gasteiger partial charge >= 0.3 is 0 Å². The molecule has 0 bridgehead atoms. The molecule has 1 amide bonds. The van der Waals surface area contributed by atoms with Gasteiger partial charge in [-0.05, 0) is 49.4 Å². The first-order valence-corrected chi connectivity index (χ1v) is 13.6. The summed E-state index contributed by atoms with van der Waals surface area (Å²) in [7, 11) is 1.86. The Hall–Kier alpha value is -3.74. The highest BCUT2D eigenvalue weighted by atomic mass is 35.5. The molecular formula is C25H20ClF2N7OS2. The number of anilines is 4. The molecule has 3 heterocycles. The Morgan fingerprint density at radius 1 is 1.00 bits per heavy atom. The van der Waals surface area contributed by atoms with Crippen molar-refractivity contribution in [2.75, 3.05) is 34.4 Å². The molecule has 8 nitrogen and oxygen atoms in total. The van der Waals surface area contributed by atoms with E-state index in [1.807, 2.05) is 37.1 Å². The lowest BCUT2D eigenvalue weighted by molar-refractivity contribution is 0.0956. The summed E-state index contributed by atoms with van der Waals surface area (Å²) >= 11 is 8.78. The maximum atomic E-state index is 13.9. The van der Waals surface area contributed by atoms with Gasteiger partial charge in [0.1, 0.15) is 0 Å². The third kappa shape index (κ3) is 4.24. The normalized spacial score (nSPS) is 16.5. The third-order valence-corrected chi connectivity index (χ3v) is 8.24. The summed E-state index contributed by atoms with van der Waals surface area (Å²) in [6.45, 7) is 2.37. The van der Waals surface area contributed by atoms with Crippen molar-refractivity contribution < 1.29 is 13.6 Å². The lowest BCUT2D eigenvalue weighted by Gasteiger charge is -2.38. The fourth-order valence-electron chi connectivity index (χ4n) is 4.29. The predicted molar refractivity (Wildman–Crippen MR) is 151 cm³/mol. The van der Waals surface area contributed by atoms with E-state index in [4.69, 9.17) is 16.6 Å². The van der Waals surface area contributed by atoms with Gasteiger partial charge in [-0.3, -0.25) is 4.79 Å². The van der Waals surface area contributed by atoms with Crippen molar-refractivity contribution in [3.05, 3.63) is 70.8 Å². The van der Waals surface area contributed by atoms with Crippen molar-refractivity contribution >= 4 is 82.3 Å². The molecule has 5 aromatic rings. The Labute approximate surface area is 228 Å². The Morgan fingerprint density at radius 2 is 1.68 bits per heavy atom. The first-order chi connectivity index (χ1) is 18.2. The monoisotopic (exact) mass is 571 g/mol. The summed E-state index contributed by atoms with van der Waals surface area (Å²) in [6.07, 6.45) is 0. The van der Waals surface area contributed by atoms with Crippen LogP contribution in [0, 0.1) is 11.6 Å². The summed E-state index contributed by atoms with van der Waals surface area (Å²) in [6, 6.07) is 13.0. The molecule has 13 heteroatoms. The Morgan fingerprint density at radius 3 is 2.42 bits per heavy atom. The van der Waals surface area contributed by atoms with E-state index >= 15 is 0 Å². The largest absolute Gasteiger partial charge is 0.352 e. The first-order valence-electron chi connectivity index (χ1n) is 11.6. The molecule has 0 radical (unpaired) electrons. The van der Waals surface area contributed by atoms with E-state index in [2.05, 4.69) is 26.3 Å². The zero-order valence-corrected chi connectivity index (χ0v) is 22.4. The van der Waals surface area contributed by atoms with Crippen LogP contribution in [0.1, 0.15) is 17.3 Å². The van der Waals surface area contributed by atoms with Crippen molar-refractivity contribution in [1.82, 2.24) is 15.3 Å². The highest BCUT2D eigenvalue weighted by molar-refractivity contribution is 7.22. The smallest absolute Gasteiger partial charge is 0.274 e. The molecule has 3 aromatic carbocycles. The molecule has 0 saturated carbocycles. The van der Waals surface area contributed by atoms with Crippen LogP contribution in [0.3, 0.4) is 0 Å². The van der Waals surface area contributed by atoms with Crippen molar-refractivity contribution in [2.45, 2.75) is 12.8 Å². The molecule has 0 fully saturated rings. The number of nitrogens with zero attached hydrogens (tertiary/aromatic N) is 3. The number of nitrogens with one attached hydrogen (secondary N) is 4. The highest BCUT2D eigenvalue weighted by Gasteiger charge is 2.44. The van der Waals surface area contributed by atoms with Crippen LogP contribution in [0.25, 0.3) is 20.4 Å². The predicted octanol–water partition coefficient (Wildman–Crippen LogP) is 6.28. The average molecular weight is 572 g/mol. The summed E-state index contributed by atoms with van der Waals surface area (Å²) < 4.78 is 29.1. The molecule has 0 saturated heterocycles. The molecule has 1 unspecified atom stereocenters. The van der Waals surface area contributed by atoms with Gasteiger partial charge in [-0.2, -0.15) is 0 Å². The van der Waals surface area contributed by atoms with Gasteiger partial charge in [0.05, 0.1) is 31.8 Å². The van der Waals surface area contributed by atoms with Crippen LogP contribution < -0.4 is 26.2 Å². The number of hydrogen-bond donors (Lipinski definition) is 4. The lowest BCUT2D eigenvalue weighted by atomic mass is 10.1. The molecular weight excluding hydrogens is 552 g/mol. The van der Waals surface area contributed by atoms with Gasteiger partial charge in [0.15, 0.2) is 21.9 Å². The standard InChI is InChI=1S/C25H20ClF2N7OS2/c1-3-29-22(36)12-4-7-19-17(8-12)32-25(35(19)2,33-23-30-16-6-5-13(26)9-20(16)37-23)34-24-31-18-10-14(27)15(28)11-21(18)38-24/h4-11,32H,3H2,1-2H3,(H,29,36)(H,30,33)(H,31,34). The fourth-order valence-corrected chi connectivity index (χ4v) is 6.41. The first kappa shape index (κ1) is 24.6. The average Bonchev–Trinajstić information content (AvgIpc) is 3.52. The summed E-state index contributed by atoms with van der Waals surface area (Å²) in [5.41, 5.74) is 3.11. The van der Waals surface area contributed by atoms with E-state index in [0.717, 1.165) is 28.0 Å². The lowest BCUT2D eigenvalue weighted by Crippen LogP contribution is -2.61. The molecule has 1 atom stereocenters. The number of amides is 1. The summed E-state index contributed by atoms with van der Waals surface area (Å²) in [5.74, 6) is -3.27. The van der Waals surface area contributed by atoms with E-state index in [1.165, 1.54) is 22.7 Å². The summed E-state index contributed by atoms with van der Waals surface area (Å²) in [5, 5.41) is 14.7. The van der Waals surface area contributed by atoms with Crippen molar-refractivity contribution in [2.24, 2.45) is 0 Å². The van der Waals surface area contributed by atoms with Crippen molar-refractivity contribution in [3.63, 3.8) is 0 Å². The number of halogens is 3. The second-order valence-electron chi connectivity index (χ2n) is 8.62. The molecule has 2 aromatic heterocycles. The Kier molecular flexibility index (Phi) is 5.97. The molecule has 1 aliphatic heterocycles. The van der Waals surface area contributed by atoms with Crippen LogP contribution in [-0.4, -0.2) is 35.4 Å². The zero-order chi connectivity index (χ0) is 26.6. The van der Waals surface area contributed by atoms with Crippen LogP contribution in [-0.2, 0) is 0 Å². The van der Waals surface area contributed by atoms with E-state index in [0.29, 0.717) is 43.3 Å². The van der Waals surface area contributed by atoms with Gasteiger partial charge in [0, 0.05) is 30.2 Å². The highest BCUT2D eigenvalue weighted by Crippen LogP contribution is 2.42. The quantitative estimate of drug-likeness (QED) is 0.178. The second kappa shape index (κ2) is 9.22. The topological polar surface area (TPSA) is 94.2 Å². The Bertz CT molecular complexity index is 1690. The molecule has 194 valence electrons. The van der Waals surface area contributed by atoms with Crippen molar-refractivity contribution in [3.8, 4) is 0 Å². The number of carbonyl (C=O) groups is 1. The van der Waals surface area contributed by atoms with Gasteiger partial charge in [-0.1, -0.05) is 34.3 Å². The maximum absolute atomic E-state index is 13.9. The minimum absolute atomic E-state index is 0.184. The number of benzene rings is 3. The van der Waals surface area contributed by atoms with Gasteiger partial charge in [0.25, 0.3) is 11.8 Å². The molecule has 6 rings (SSSR count). The van der Waals surface area contributed by atoms with E-state index in [1.54, 1.807) is 18.2 Å². The zero-order valence-electron chi connectivity index (χ0n) is 20.0. The fraction of sp³-hybridized carbons (Fsp3) is 0.160. The van der Waals surface area contributed by atoms with E-state index < -0.39 is 17.5 Å². The maximum Gasteiger partial charge on any atom is 0.274 e. The minimum Gasteiger partial charge on any atom is -0.352 e. The Balaban J connectivity index is 1.42. The number of aromatic nitrogens is 2. The molecule has 4 N–H and O–H groups in total. The van der Waals surface area contributed by atoms with Crippen molar-refractivity contribution in [1.29, 1.82) is 0 Å².